The van der Waals surface area contributed by atoms with E-state index in [4.69, 9.17) is 9.84 Å². The average molecular weight is 555 g/mol. The minimum Gasteiger partial charge on any atom is -0.481 e. The number of carbonyl (C=O) groups excluding carboxylic acids is 2. The highest BCUT2D eigenvalue weighted by molar-refractivity contribution is 9.10. The van der Waals surface area contributed by atoms with Crippen LogP contribution in [-0.2, 0) is 9.53 Å². The van der Waals surface area contributed by atoms with Gasteiger partial charge in [0.2, 0.25) is 0 Å². The third kappa shape index (κ3) is 6.04. The summed E-state index contributed by atoms with van der Waals surface area (Å²) < 4.78 is 6.15. The van der Waals surface area contributed by atoms with Crippen molar-refractivity contribution >= 4 is 51.3 Å². The molecule has 180 valence electrons. The van der Waals surface area contributed by atoms with Crippen molar-refractivity contribution < 1.29 is 24.2 Å². The number of rotatable bonds is 9. The molecule has 0 aromatic heterocycles. The van der Waals surface area contributed by atoms with Gasteiger partial charge in [-0.05, 0) is 56.4 Å². The van der Waals surface area contributed by atoms with Gasteiger partial charge in [-0.3, -0.25) is 14.9 Å². The van der Waals surface area contributed by atoms with Crippen LogP contribution in [0.1, 0.15) is 27.4 Å². The molecule has 7 nitrogen and oxygen atoms in total. The van der Waals surface area contributed by atoms with Crippen LogP contribution in [0.2, 0.25) is 0 Å². The van der Waals surface area contributed by atoms with E-state index in [1.54, 1.807) is 18.2 Å². The minimum absolute atomic E-state index is 0.0148. The first-order valence-electron chi connectivity index (χ1n) is 10.9. The molecule has 4 rings (SSSR count). The highest BCUT2D eigenvalue weighted by Crippen LogP contribution is 2.44. The number of carbonyl (C=O) groups is 3. The summed E-state index contributed by atoms with van der Waals surface area (Å²) in [6, 6.07) is 21.1. The molecule has 0 spiro atoms. The first-order valence-corrected chi connectivity index (χ1v) is 12.9. The Morgan fingerprint density at radius 1 is 0.971 bits per heavy atom. The molecular weight excluding hydrogens is 532 g/mol. The maximum Gasteiger partial charge on any atom is 0.411 e. The summed E-state index contributed by atoms with van der Waals surface area (Å²) in [6.45, 7) is 0.519. The van der Waals surface area contributed by atoms with Crippen LogP contribution in [0, 0.1) is 0 Å². The maximum atomic E-state index is 12.6. The van der Waals surface area contributed by atoms with Crippen molar-refractivity contribution in [1.29, 1.82) is 0 Å². The summed E-state index contributed by atoms with van der Waals surface area (Å²) in [5, 5.41) is 14.1. The largest absolute Gasteiger partial charge is 0.481 e. The van der Waals surface area contributed by atoms with Crippen LogP contribution in [0.25, 0.3) is 11.1 Å². The number of amides is 2. The van der Waals surface area contributed by atoms with E-state index in [1.165, 1.54) is 11.8 Å². The van der Waals surface area contributed by atoms with E-state index in [2.05, 4.69) is 50.8 Å². The first-order chi connectivity index (χ1) is 16.9. The molecule has 0 heterocycles. The zero-order valence-corrected chi connectivity index (χ0v) is 21.0. The fourth-order valence-electron chi connectivity index (χ4n) is 4.02. The SMILES string of the molecule is O=C(O)CSCCNC(=O)c1cc(NC(=O)OCC2c3ccccc3-c3ccccc32)ccc1Br. The van der Waals surface area contributed by atoms with Crippen LogP contribution >= 0.6 is 27.7 Å². The monoisotopic (exact) mass is 554 g/mol. The molecule has 0 saturated carbocycles. The van der Waals surface area contributed by atoms with E-state index in [0.717, 1.165) is 22.3 Å². The molecule has 2 amide bonds. The Hall–Kier alpha value is -3.30. The van der Waals surface area contributed by atoms with Crippen LogP contribution in [0.4, 0.5) is 10.5 Å². The lowest BCUT2D eigenvalue weighted by molar-refractivity contribution is -0.133. The predicted molar refractivity (Wildman–Crippen MR) is 140 cm³/mol. The highest BCUT2D eigenvalue weighted by atomic mass is 79.9. The number of nitrogens with one attached hydrogen (secondary N) is 2. The number of hydrogen-bond donors (Lipinski definition) is 3. The van der Waals surface area contributed by atoms with E-state index < -0.39 is 12.1 Å². The number of halogens is 1. The third-order valence-corrected chi connectivity index (χ3v) is 7.19. The van der Waals surface area contributed by atoms with Gasteiger partial charge in [0, 0.05) is 28.4 Å². The van der Waals surface area contributed by atoms with Gasteiger partial charge < -0.3 is 15.2 Å². The highest BCUT2D eigenvalue weighted by Gasteiger charge is 2.29. The number of thioether (sulfide) groups is 1. The van der Waals surface area contributed by atoms with Gasteiger partial charge in [0.1, 0.15) is 6.61 Å². The molecule has 0 bridgehead atoms. The molecule has 0 atom stereocenters. The summed E-state index contributed by atoms with van der Waals surface area (Å²) in [7, 11) is 0. The zero-order chi connectivity index (χ0) is 24.8. The van der Waals surface area contributed by atoms with Crippen LogP contribution in [0.15, 0.2) is 71.2 Å². The molecule has 9 heteroatoms. The van der Waals surface area contributed by atoms with Crippen molar-refractivity contribution in [2.24, 2.45) is 0 Å². The molecule has 0 saturated heterocycles. The normalized spacial score (nSPS) is 11.9. The van der Waals surface area contributed by atoms with Crippen molar-refractivity contribution in [3.8, 4) is 11.1 Å². The Kier molecular flexibility index (Phi) is 8.09. The minimum atomic E-state index is -0.893. The van der Waals surface area contributed by atoms with Crippen LogP contribution in [0.3, 0.4) is 0 Å². The lowest BCUT2D eigenvalue weighted by Crippen LogP contribution is -2.26. The van der Waals surface area contributed by atoms with Crippen molar-refractivity contribution in [1.82, 2.24) is 5.32 Å². The second kappa shape index (κ2) is 11.4. The Balaban J connectivity index is 1.35. The number of anilines is 1. The fourth-order valence-corrected chi connectivity index (χ4v) is 5.01. The quantitative estimate of drug-likeness (QED) is 0.307. The van der Waals surface area contributed by atoms with Gasteiger partial charge in [0.05, 0.1) is 11.3 Å². The summed E-state index contributed by atoms with van der Waals surface area (Å²) >= 11 is 4.58. The smallest absolute Gasteiger partial charge is 0.411 e. The van der Waals surface area contributed by atoms with Crippen molar-refractivity contribution in [3.05, 3.63) is 87.9 Å². The Labute approximate surface area is 215 Å². The third-order valence-electron chi connectivity index (χ3n) is 5.56. The van der Waals surface area contributed by atoms with E-state index >= 15 is 0 Å². The number of ether oxygens (including phenoxy) is 1. The van der Waals surface area contributed by atoms with Gasteiger partial charge >= 0.3 is 12.1 Å². The fraction of sp³-hybridized carbons (Fsp3) is 0.192. The Morgan fingerprint density at radius 2 is 1.63 bits per heavy atom. The summed E-state index contributed by atoms with van der Waals surface area (Å²) in [5.74, 6) is -0.801. The molecule has 0 fully saturated rings. The zero-order valence-electron chi connectivity index (χ0n) is 18.6. The number of aliphatic carboxylic acids is 1. The standard InChI is InChI=1S/C26H23BrN2O5S/c27-23-10-9-16(13-21(23)25(32)28-11-12-35-15-24(30)31)29-26(33)34-14-22-19-7-3-1-5-17(19)18-6-2-4-8-20(18)22/h1-10,13,22H,11-12,14-15H2,(H,28,32)(H,29,33)(H,30,31). The lowest BCUT2D eigenvalue weighted by atomic mass is 9.98. The van der Waals surface area contributed by atoms with E-state index in [9.17, 15) is 14.4 Å². The van der Waals surface area contributed by atoms with Crippen LogP contribution in [0.5, 0.6) is 0 Å². The van der Waals surface area contributed by atoms with Gasteiger partial charge in [-0.15, -0.1) is 11.8 Å². The Bertz CT molecular complexity index is 1220. The molecule has 1 aliphatic carbocycles. The van der Waals surface area contributed by atoms with E-state index in [1.807, 2.05) is 24.3 Å². The van der Waals surface area contributed by atoms with Gasteiger partial charge in [0.15, 0.2) is 0 Å². The molecule has 35 heavy (non-hydrogen) atoms. The van der Waals surface area contributed by atoms with E-state index in [0.29, 0.717) is 28.0 Å². The summed E-state index contributed by atoms with van der Waals surface area (Å²) in [4.78, 5) is 35.6. The molecule has 3 N–H and O–H groups in total. The van der Waals surface area contributed by atoms with Gasteiger partial charge in [-0.2, -0.15) is 0 Å². The lowest BCUT2D eigenvalue weighted by Gasteiger charge is -2.15. The number of carboxylic acids is 1. The number of hydrogen-bond acceptors (Lipinski definition) is 5. The van der Waals surface area contributed by atoms with Crippen molar-refractivity contribution in [2.45, 2.75) is 5.92 Å². The summed E-state index contributed by atoms with van der Waals surface area (Å²) in [6.07, 6.45) is -0.606. The second-order valence-corrected chi connectivity index (χ2v) is 9.81. The average Bonchev–Trinajstić information content (AvgIpc) is 3.17. The molecule has 1 aliphatic rings. The van der Waals surface area contributed by atoms with Gasteiger partial charge in [-0.1, -0.05) is 48.5 Å². The molecule has 0 unspecified atom stereocenters. The second-order valence-electron chi connectivity index (χ2n) is 7.85. The van der Waals surface area contributed by atoms with Crippen LogP contribution < -0.4 is 10.6 Å². The predicted octanol–water partition coefficient (Wildman–Crippen LogP) is 5.36. The molecule has 0 aliphatic heterocycles. The molecule has 3 aromatic carbocycles. The number of fused-ring (bicyclic) bond motifs is 3. The molecule has 0 radical (unpaired) electrons. The van der Waals surface area contributed by atoms with Crippen molar-refractivity contribution in [3.63, 3.8) is 0 Å². The van der Waals surface area contributed by atoms with Gasteiger partial charge in [0.25, 0.3) is 5.91 Å². The molecular formula is C26H23BrN2O5S. The van der Waals surface area contributed by atoms with E-state index in [-0.39, 0.29) is 24.2 Å². The Morgan fingerprint density at radius 3 is 2.29 bits per heavy atom. The maximum absolute atomic E-state index is 12.6. The summed E-state index contributed by atoms with van der Waals surface area (Å²) in [5.41, 5.74) is 5.35. The van der Waals surface area contributed by atoms with Crippen LogP contribution in [-0.4, -0.2) is 47.7 Å². The number of carboxylic acid groups (broad SMARTS) is 1. The van der Waals surface area contributed by atoms with Crippen molar-refractivity contribution in [2.75, 3.05) is 30.0 Å². The first kappa shape index (κ1) is 24.8. The number of benzene rings is 3. The topological polar surface area (TPSA) is 105 Å². The van der Waals surface area contributed by atoms with Gasteiger partial charge in [-0.25, -0.2) is 4.79 Å². The molecule has 3 aromatic rings.